The van der Waals surface area contributed by atoms with Crippen molar-refractivity contribution in [1.82, 2.24) is 4.90 Å². The van der Waals surface area contributed by atoms with Crippen LogP contribution >= 0.6 is 0 Å². The number of nitrogens with zero attached hydrogens (tertiary/aromatic N) is 1. The third kappa shape index (κ3) is 1.58. The van der Waals surface area contributed by atoms with Gasteiger partial charge in [0.2, 0.25) is 0 Å². The van der Waals surface area contributed by atoms with Crippen LogP contribution in [-0.2, 0) is 0 Å². The quantitative estimate of drug-likeness (QED) is 0.732. The SMILES string of the molecule is CC(C)N1CC2CC(C1)C2c1ccccc1. The first kappa shape index (κ1) is 10.3. The third-order valence-electron chi connectivity index (χ3n) is 4.47. The standard InChI is InChI=1S/C15H21N/c1-11(2)16-9-13-8-14(10-16)15(13)12-6-4-3-5-7-12/h3-7,11,13-15H,8-10H2,1-2H3. The lowest BCUT2D eigenvalue weighted by atomic mass is 9.59. The number of fused-ring (bicyclic) bond motifs is 2. The van der Waals surface area contributed by atoms with E-state index in [0.29, 0.717) is 0 Å². The molecule has 16 heavy (non-hydrogen) atoms. The van der Waals surface area contributed by atoms with Crippen molar-refractivity contribution in [2.24, 2.45) is 11.8 Å². The van der Waals surface area contributed by atoms with Gasteiger partial charge in [-0.1, -0.05) is 30.3 Å². The highest BCUT2D eigenvalue weighted by Crippen LogP contribution is 2.51. The van der Waals surface area contributed by atoms with Crippen molar-refractivity contribution >= 4 is 0 Å². The van der Waals surface area contributed by atoms with E-state index >= 15 is 0 Å². The first-order valence-corrected chi connectivity index (χ1v) is 6.54. The Kier molecular flexibility index (Phi) is 2.51. The van der Waals surface area contributed by atoms with Crippen molar-refractivity contribution < 1.29 is 0 Å². The molecule has 0 N–H and O–H groups in total. The smallest absolute Gasteiger partial charge is 0.00388 e. The number of benzene rings is 1. The molecular weight excluding hydrogens is 194 g/mol. The number of rotatable bonds is 2. The molecule has 3 aliphatic rings. The fourth-order valence-corrected chi connectivity index (χ4v) is 3.57. The maximum Gasteiger partial charge on any atom is 0.00388 e. The average molecular weight is 215 g/mol. The lowest BCUT2D eigenvalue weighted by Gasteiger charge is -2.55. The highest BCUT2D eigenvalue weighted by atomic mass is 15.2. The van der Waals surface area contributed by atoms with Crippen LogP contribution in [0.3, 0.4) is 0 Å². The molecule has 2 bridgehead atoms. The molecule has 1 saturated carbocycles. The highest BCUT2D eigenvalue weighted by Gasteiger charge is 2.47. The Bertz CT molecular complexity index is 345. The van der Waals surface area contributed by atoms with Crippen LogP contribution in [0.15, 0.2) is 30.3 Å². The lowest BCUT2D eigenvalue weighted by molar-refractivity contribution is -0.0162. The normalized spacial score (nSPS) is 33.8. The highest BCUT2D eigenvalue weighted by molar-refractivity contribution is 5.25. The summed E-state index contributed by atoms with van der Waals surface area (Å²) >= 11 is 0. The van der Waals surface area contributed by atoms with E-state index < -0.39 is 0 Å². The van der Waals surface area contributed by atoms with E-state index in [9.17, 15) is 0 Å². The summed E-state index contributed by atoms with van der Waals surface area (Å²) in [6, 6.07) is 11.8. The van der Waals surface area contributed by atoms with Gasteiger partial charge in [-0.25, -0.2) is 0 Å². The van der Waals surface area contributed by atoms with Gasteiger partial charge in [0.05, 0.1) is 0 Å². The van der Waals surface area contributed by atoms with Gasteiger partial charge in [0.15, 0.2) is 0 Å². The predicted octanol–water partition coefficient (Wildman–Crippen LogP) is 3.13. The summed E-state index contributed by atoms with van der Waals surface area (Å²) in [5, 5.41) is 0. The Morgan fingerprint density at radius 1 is 1.06 bits per heavy atom. The van der Waals surface area contributed by atoms with Gasteiger partial charge in [0.25, 0.3) is 0 Å². The molecule has 4 rings (SSSR count). The van der Waals surface area contributed by atoms with Crippen molar-refractivity contribution in [1.29, 1.82) is 0 Å². The Labute approximate surface area is 98.5 Å². The van der Waals surface area contributed by atoms with E-state index in [0.717, 1.165) is 23.8 Å². The summed E-state index contributed by atoms with van der Waals surface area (Å²) < 4.78 is 0. The maximum absolute atomic E-state index is 2.65. The zero-order valence-corrected chi connectivity index (χ0v) is 10.3. The van der Waals surface area contributed by atoms with Crippen molar-refractivity contribution in [3.05, 3.63) is 35.9 Å². The van der Waals surface area contributed by atoms with Crippen LogP contribution in [0.5, 0.6) is 0 Å². The summed E-state index contributed by atoms with van der Waals surface area (Å²) in [5.41, 5.74) is 1.58. The van der Waals surface area contributed by atoms with E-state index in [-0.39, 0.29) is 0 Å². The first-order valence-electron chi connectivity index (χ1n) is 6.54. The zero-order valence-electron chi connectivity index (χ0n) is 10.3. The van der Waals surface area contributed by atoms with E-state index in [1.807, 2.05) is 0 Å². The molecule has 0 spiro atoms. The van der Waals surface area contributed by atoms with Gasteiger partial charge in [0.1, 0.15) is 0 Å². The molecule has 1 aliphatic carbocycles. The summed E-state index contributed by atoms with van der Waals surface area (Å²) in [6.45, 7) is 7.27. The zero-order chi connectivity index (χ0) is 11.1. The number of piperidine rings is 2. The Hall–Kier alpha value is -0.820. The topological polar surface area (TPSA) is 3.24 Å². The first-order chi connectivity index (χ1) is 7.75. The van der Waals surface area contributed by atoms with Crippen LogP contribution < -0.4 is 0 Å². The average Bonchev–Trinajstić information content (AvgIpc) is 2.30. The summed E-state index contributed by atoms with van der Waals surface area (Å²) in [7, 11) is 0. The molecule has 2 aliphatic heterocycles. The van der Waals surface area contributed by atoms with Gasteiger partial charge < -0.3 is 4.90 Å². The summed E-state index contributed by atoms with van der Waals surface area (Å²) in [4.78, 5) is 2.65. The van der Waals surface area contributed by atoms with Crippen LogP contribution in [0, 0.1) is 11.8 Å². The molecule has 1 nitrogen and oxygen atoms in total. The van der Waals surface area contributed by atoms with E-state index in [1.54, 1.807) is 5.56 Å². The fourth-order valence-electron chi connectivity index (χ4n) is 3.57. The molecule has 2 atom stereocenters. The van der Waals surface area contributed by atoms with Crippen molar-refractivity contribution in [2.45, 2.75) is 32.2 Å². The van der Waals surface area contributed by atoms with Crippen LogP contribution in [0.25, 0.3) is 0 Å². The molecule has 1 aromatic rings. The van der Waals surface area contributed by atoms with Gasteiger partial charge in [-0.2, -0.15) is 0 Å². The molecule has 0 aromatic heterocycles. The Morgan fingerprint density at radius 3 is 2.25 bits per heavy atom. The Morgan fingerprint density at radius 2 is 1.69 bits per heavy atom. The summed E-state index contributed by atoms with van der Waals surface area (Å²) in [6.07, 6.45) is 1.46. The summed E-state index contributed by atoms with van der Waals surface area (Å²) in [5.74, 6) is 2.70. The minimum Gasteiger partial charge on any atom is -0.300 e. The molecule has 0 amide bonds. The number of hydrogen-bond acceptors (Lipinski definition) is 1. The minimum atomic E-state index is 0.724. The van der Waals surface area contributed by atoms with E-state index in [4.69, 9.17) is 0 Å². The molecule has 86 valence electrons. The van der Waals surface area contributed by atoms with E-state index in [2.05, 4.69) is 49.1 Å². The van der Waals surface area contributed by atoms with Gasteiger partial charge in [0, 0.05) is 19.1 Å². The molecule has 2 heterocycles. The van der Waals surface area contributed by atoms with Gasteiger partial charge in [-0.3, -0.25) is 0 Å². The molecule has 2 unspecified atom stereocenters. The molecule has 1 aromatic carbocycles. The predicted molar refractivity (Wildman–Crippen MR) is 67.5 cm³/mol. The second-order valence-electron chi connectivity index (χ2n) is 5.74. The van der Waals surface area contributed by atoms with Crippen molar-refractivity contribution in [3.8, 4) is 0 Å². The second-order valence-corrected chi connectivity index (χ2v) is 5.74. The number of hydrogen-bond donors (Lipinski definition) is 0. The molecular formula is C15H21N. The lowest BCUT2D eigenvalue weighted by Crippen LogP contribution is -2.55. The minimum absolute atomic E-state index is 0.724. The van der Waals surface area contributed by atoms with Gasteiger partial charge in [-0.05, 0) is 43.6 Å². The fraction of sp³-hybridized carbons (Fsp3) is 0.600. The van der Waals surface area contributed by atoms with Gasteiger partial charge >= 0.3 is 0 Å². The van der Waals surface area contributed by atoms with Gasteiger partial charge in [-0.15, -0.1) is 0 Å². The Balaban J connectivity index is 1.74. The van der Waals surface area contributed by atoms with Crippen molar-refractivity contribution in [3.63, 3.8) is 0 Å². The monoisotopic (exact) mass is 215 g/mol. The second kappa shape index (κ2) is 3.89. The van der Waals surface area contributed by atoms with Crippen LogP contribution in [-0.4, -0.2) is 24.0 Å². The third-order valence-corrected chi connectivity index (χ3v) is 4.47. The van der Waals surface area contributed by atoms with Crippen molar-refractivity contribution in [2.75, 3.05) is 13.1 Å². The van der Waals surface area contributed by atoms with E-state index in [1.165, 1.54) is 19.5 Å². The maximum atomic E-state index is 2.65. The molecule has 1 heteroatoms. The van der Waals surface area contributed by atoms with Crippen LogP contribution in [0.1, 0.15) is 31.7 Å². The van der Waals surface area contributed by atoms with Crippen LogP contribution in [0.4, 0.5) is 0 Å². The molecule has 2 saturated heterocycles. The molecule has 3 fully saturated rings. The largest absolute Gasteiger partial charge is 0.300 e. The van der Waals surface area contributed by atoms with Crippen LogP contribution in [0.2, 0.25) is 0 Å². The molecule has 0 radical (unpaired) electrons.